The highest BCUT2D eigenvalue weighted by Crippen LogP contribution is 2.15. The van der Waals surface area contributed by atoms with Crippen LogP contribution in [0.4, 0.5) is 0 Å². The van der Waals surface area contributed by atoms with Crippen LogP contribution >= 0.6 is 15.9 Å². The molecule has 0 aromatic heterocycles. The van der Waals surface area contributed by atoms with Gasteiger partial charge in [-0.25, -0.2) is 0 Å². The lowest BCUT2D eigenvalue weighted by atomic mass is 10.1. The molecule has 0 aliphatic heterocycles. The molecule has 0 spiro atoms. The van der Waals surface area contributed by atoms with Crippen molar-refractivity contribution < 1.29 is 0 Å². The monoisotopic (exact) mass is 306 g/mol. The molecule has 0 saturated heterocycles. The van der Waals surface area contributed by atoms with Crippen molar-refractivity contribution in [1.82, 2.24) is 0 Å². The fraction of sp³-hybridized carbons (Fsp3) is 0. The predicted octanol–water partition coefficient (Wildman–Crippen LogP) is 5.00. The number of fused-ring (bicyclic) bond motifs is 1. The van der Waals surface area contributed by atoms with E-state index in [4.69, 9.17) is 0 Å². The number of hydrogen-bond donors (Lipinski definition) is 0. The SMILES string of the molecule is Brc1ccc(C#Cc2ccc3ccccc3c2)cc1. The van der Waals surface area contributed by atoms with Crippen LogP contribution in [0.5, 0.6) is 0 Å². The minimum absolute atomic E-state index is 1.02. The van der Waals surface area contributed by atoms with E-state index in [1.54, 1.807) is 0 Å². The molecule has 19 heavy (non-hydrogen) atoms. The topological polar surface area (TPSA) is 0 Å². The normalized spacial score (nSPS) is 9.95. The summed E-state index contributed by atoms with van der Waals surface area (Å²) in [5.74, 6) is 6.39. The lowest BCUT2D eigenvalue weighted by Gasteiger charge is -1.97. The number of benzene rings is 3. The zero-order chi connectivity index (χ0) is 13.1. The Labute approximate surface area is 121 Å². The highest BCUT2D eigenvalue weighted by Gasteiger charge is 1.93. The van der Waals surface area contributed by atoms with Gasteiger partial charge in [-0.2, -0.15) is 0 Å². The summed E-state index contributed by atoms with van der Waals surface area (Å²) >= 11 is 3.42. The fourth-order valence-electron chi connectivity index (χ4n) is 1.94. The van der Waals surface area contributed by atoms with E-state index in [0.717, 1.165) is 15.6 Å². The van der Waals surface area contributed by atoms with E-state index >= 15 is 0 Å². The molecule has 0 N–H and O–H groups in total. The van der Waals surface area contributed by atoms with Gasteiger partial charge in [0.1, 0.15) is 0 Å². The first-order chi connectivity index (χ1) is 9.31. The summed E-state index contributed by atoms with van der Waals surface area (Å²) in [6.45, 7) is 0. The average Bonchev–Trinajstić information content (AvgIpc) is 2.46. The van der Waals surface area contributed by atoms with Gasteiger partial charge in [0.15, 0.2) is 0 Å². The Hall–Kier alpha value is -2.04. The van der Waals surface area contributed by atoms with E-state index in [1.807, 2.05) is 30.3 Å². The van der Waals surface area contributed by atoms with Gasteiger partial charge in [0, 0.05) is 15.6 Å². The van der Waals surface area contributed by atoms with Crippen LogP contribution in [0.25, 0.3) is 10.8 Å². The summed E-state index contributed by atoms with van der Waals surface area (Å²) in [5, 5.41) is 2.47. The van der Waals surface area contributed by atoms with Crippen LogP contribution in [-0.4, -0.2) is 0 Å². The van der Waals surface area contributed by atoms with E-state index in [-0.39, 0.29) is 0 Å². The molecule has 0 nitrogen and oxygen atoms in total. The van der Waals surface area contributed by atoms with Crippen molar-refractivity contribution in [3.63, 3.8) is 0 Å². The van der Waals surface area contributed by atoms with E-state index in [9.17, 15) is 0 Å². The zero-order valence-electron chi connectivity index (χ0n) is 10.2. The molecule has 0 amide bonds. The molecule has 0 bridgehead atoms. The fourth-order valence-corrected chi connectivity index (χ4v) is 2.21. The molecule has 0 heterocycles. The van der Waals surface area contributed by atoms with E-state index in [0.29, 0.717) is 0 Å². The molecule has 3 aromatic carbocycles. The second-order valence-corrected chi connectivity index (χ2v) is 5.23. The second kappa shape index (κ2) is 5.30. The van der Waals surface area contributed by atoms with Crippen LogP contribution in [0.3, 0.4) is 0 Å². The van der Waals surface area contributed by atoms with Crippen LogP contribution in [0.15, 0.2) is 71.2 Å². The quantitative estimate of drug-likeness (QED) is 0.513. The number of hydrogen-bond acceptors (Lipinski definition) is 0. The molecule has 0 radical (unpaired) electrons. The molecule has 0 fully saturated rings. The van der Waals surface area contributed by atoms with Crippen molar-refractivity contribution in [3.05, 3.63) is 82.3 Å². The predicted molar refractivity (Wildman–Crippen MR) is 84.1 cm³/mol. The maximum Gasteiger partial charge on any atom is 0.0255 e. The molecule has 0 atom stereocenters. The van der Waals surface area contributed by atoms with Crippen molar-refractivity contribution >= 4 is 26.7 Å². The average molecular weight is 307 g/mol. The molecular weight excluding hydrogens is 296 g/mol. The van der Waals surface area contributed by atoms with Crippen molar-refractivity contribution in [2.45, 2.75) is 0 Å². The molecule has 0 aliphatic rings. The smallest absolute Gasteiger partial charge is 0.0255 e. The van der Waals surface area contributed by atoms with Crippen LogP contribution < -0.4 is 0 Å². The molecule has 3 aromatic rings. The third-order valence-corrected chi connectivity index (χ3v) is 3.47. The van der Waals surface area contributed by atoms with Crippen molar-refractivity contribution in [2.24, 2.45) is 0 Å². The van der Waals surface area contributed by atoms with Gasteiger partial charge in [-0.3, -0.25) is 0 Å². The van der Waals surface area contributed by atoms with E-state index in [2.05, 4.69) is 64.2 Å². The van der Waals surface area contributed by atoms with Crippen LogP contribution in [0, 0.1) is 11.8 Å². The van der Waals surface area contributed by atoms with Gasteiger partial charge in [0.05, 0.1) is 0 Å². The largest absolute Gasteiger partial charge is 0.0617 e. The molecule has 0 unspecified atom stereocenters. The molecular formula is C18H11Br. The summed E-state index contributed by atoms with van der Waals surface area (Å²) < 4.78 is 1.07. The summed E-state index contributed by atoms with van der Waals surface area (Å²) in [7, 11) is 0. The number of rotatable bonds is 0. The van der Waals surface area contributed by atoms with Crippen LogP contribution in [0.2, 0.25) is 0 Å². The first-order valence-corrected chi connectivity index (χ1v) is 6.87. The molecule has 3 rings (SSSR count). The molecule has 0 aliphatic carbocycles. The van der Waals surface area contributed by atoms with Crippen LogP contribution in [0.1, 0.15) is 11.1 Å². The maximum atomic E-state index is 3.42. The van der Waals surface area contributed by atoms with Gasteiger partial charge in [0.2, 0.25) is 0 Å². The van der Waals surface area contributed by atoms with Crippen molar-refractivity contribution in [2.75, 3.05) is 0 Å². The molecule has 0 saturated carbocycles. The Bertz CT molecular complexity index is 774. The summed E-state index contributed by atoms with van der Waals surface area (Å²) in [6.07, 6.45) is 0. The maximum absolute atomic E-state index is 3.42. The highest BCUT2D eigenvalue weighted by molar-refractivity contribution is 9.10. The second-order valence-electron chi connectivity index (χ2n) is 4.32. The zero-order valence-corrected chi connectivity index (χ0v) is 11.8. The van der Waals surface area contributed by atoms with E-state index in [1.165, 1.54) is 10.8 Å². The third-order valence-electron chi connectivity index (χ3n) is 2.94. The minimum Gasteiger partial charge on any atom is -0.0617 e. The van der Waals surface area contributed by atoms with Gasteiger partial charge in [-0.1, -0.05) is 58.1 Å². The standard InChI is InChI=1S/C18H11Br/c19-18-11-8-14(9-12-18)5-6-15-7-10-16-3-1-2-4-17(16)13-15/h1-4,7-13H. The first-order valence-electron chi connectivity index (χ1n) is 6.08. The van der Waals surface area contributed by atoms with Gasteiger partial charge in [0.25, 0.3) is 0 Å². The van der Waals surface area contributed by atoms with Crippen molar-refractivity contribution in [1.29, 1.82) is 0 Å². The summed E-state index contributed by atoms with van der Waals surface area (Å²) in [4.78, 5) is 0. The Morgan fingerprint density at radius 2 is 1.26 bits per heavy atom. The van der Waals surface area contributed by atoms with Gasteiger partial charge in [-0.15, -0.1) is 0 Å². The Morgan fingerprint density at radius 3 is 2.05 bits per heavy atom. The Kier molecular flexibility index (Phi) is 3.35. The third kappa shape index (κ3) is 2.86. The van der Waals surface area contributed by atoms with Gasteiger partial charge < -0.3 is 0 Å². The highest BCUT2D eigenvalue weighted by atomic mass is 79.9. The van der Waals surface area contributed by atoms with Gasteiger partial charge >= 0.3 is 0 Å². The van der Waals surface area contributed by atoms with E-state index < -0.39 is 0 Å². The summed E-state index contributed by atoms with van der Waals surface area (Å²) in [5.41, 5.74) is 2.07. The van der Waals surface area contributed by atoms with Crippen LogP contribution in [-0.2, 0) is 0 Å². The van der Waals surface area contributed by atoms with Gasteiger partial charge in [-0.05, 0) is 47.2 Å². The minimum atomic E-state index is 1.02. The number of halogens is 1. The molecule has 90 valence electrons. The Balaban J connectivity index is 1.95. The summed E-state index contributed by atoms with van der Waals surface area (Å²) in [6, 6.07) is 22.7. The Morgan fingerprint density at radius 1 is 0.632 bits per heavy atom. The van der Waals surface area contributed by atoms with Crippen molar-refractivity contribution in [3.8, 4) is 11.8 Å². The molecule has 1 heteroatoms. The lowest BCUT2D eigenvalue weighted by molar-refractivity contribution is 1.60. The first kappa shape index (κ1) is 12.0. The lowest BCUT2D eigenvalue weighted by Crippen LogP contribution is -1.77.